The molecule has 3 nitrogen and oxygen atoms in total. The average molecular weight is 402 g/mol. The maximum absolute atomic E-state index is 14.1. The van der Waals surface area contributed by atoms with E-state index < -0.39 is 40.7 Å². The topological polar surface area (TPSA) is 32.7 Å². The summed E-state index contributed by atoms with van der Waals surface area (Å²) in [5.74, 6) is -11.9. The van der Waals surface area contributed by atoms with Crippen LogP contribution in [0.25, 0.3) is 16.8 Å². The van der Waals surface area contributed by atoms with Gasteiger partial charge in [0, 0.05) is 0 Å². The Morgan fingerprint density at radius 1 is 0.828 bits per heavy atom. The molecule has 1 aliphatic rings. The standard InChI is InChI=1S/C21H11F5N2O/c1-10-14(9-12-7-4-6-11-5-2-3-8-13(11)12)21(29)28(27-10)20-18(25)16(23)15(22)17(24)19(20)26/h2-9H,1H3/b14-9-. The second kappa shape index (κ2) is 6.80. The van der Waals surface area contributed by atoms with Crippen molar-refractivity contribution in [2.75, 3.05) is 5.01 Å². The van der Waals surface area contributed by atoms with Gasteiger partial charge in [0.2, 0.25) is 5.82 Å². The van der Waals surface area contributed by atoms with Gasteiger partial charge in [-0.2, -0.15) is 10.1 Å². The molecule has 1 aliphatic heterocycles. The Bertz CT molecular complexity index is 1220. The molecule has 0 unspecified atom stereocenters. The highest BCUT2D eigenvalue weighted by atomic mass is 19.2. The van der Waals surface area contributed by atoms with Crippen LogP contribution < -0.4 is 5.01 Å². The van der Waals surface area contributed by atoms with Crippen molar-refractivity contribution in [2.45, 2.75) is 6.92 Å². The summed E-state index contributed by atoms with van der Waals surface area (Å²) in [6.45, 7) is 1.40. The third-order valence-corrected chi connectivity index (χ3v) is 4.58. The SMILES string of the molecule is CC1=NN(c2c(F)c(F)c(F)c(F)c2F)C(=O)/C1=C\c1cccc2ccccc12. The van der Waals surface area contributed by atoms with Crippen LogP contribution in [0.5, 0.6) is 0 Å². The summed E-state index contributed by atoms with van der Waals surface area (Å²) in [6.07, 6.45) is 1.47. The van der Waals surface area contributed by atoms with Crippen molar-refractivity contribution in [3.05, 3.63) is 82.7 Å². The summed E-state index contributed by atoms with van der Waals surface area (Å²) < 4.78 is 68.6. The highest BCUT2D eigenvalue weighted by Gasteiger charge is 2.37. The van der Waals surface area contributed by atoms with E-state index in [2.05, 4.69) is 5.10 Å². The lowest BCUT2D eigenvalue weighted by molar-refractivity contribution is -0.114. The lowest BCUT2D eigenvalue weighted by Crippen LogP contribution is -2.25. The number of amides is 1. The van der Waals surface area contributed by atoms with Gasteiger partial charge < -0.3 is 0 Å². The fourth-order valence-corrected chi connectivity index (χ4v) is 3.15. The molecular formula is C21H11F5N2O. The molecule has 0 aliphatic carbocycles. The van der Waals surface area contributed by atoms with Gasteiger partial charge in [0.15, 0.2) is 23.3 Å². The van der Waals surface area contributed by atoms with E-state index in [1.165, 1.54) is 13.0 Å². The first-order chi connectivity index (χ1) is 13.8. The summed E-state index contributed by atoms with van der Waals surface area (Å²) in [7, 11) is 0. The van der Waals surface area contributed by atoms with Crippen LogP contribution >= 0.6 is 0 Å². The summed E-state index contributed by atoms with van der Waals surface area (Å²) >= 11 is 0. The molecule has 0 bridgehead atoms. The number of rotatable bonds is 2. The number of carbonyl (C=O) groups is 1. The third-order valence-electron chi connectivity index (χ3n) is 4.58. The lowest BCUT2D eigenvalue weighted by atomic mass is 10.0. The molecule has 0 saturated carbocycles. The zero-order valence-electron chi connectivity index (χ0n) is 14.8. The highest BCUT2D eigenvalue weighted by molar-refractivity contribution is 6.32. The van der Waals surface area contributed by atoms with Crippen LogP contribution in [0.15, 0.2) is 53.1 Å². The molecule has 29 heavy (non-hydrogen) atoms. The monoisotopic (exact) mass is 402 g/mol. The molecule has 1 heterocycles. The van der Waals surface area contributed by atoms with Crippen molar-refractivity contribution in [1.82, 2.24) is 0 Å². The Morgan fingerprint density at radius 3 is 2.10 bits per heavy atom. The van der Waals surface area contributed by atoms with Crippen LogP contribution in [0, 0.1) is 29.1 Å². The molecule has 0 aromatic heterocycles. The van der Waals surface area contributed by atoms with Crippen molar-refractivity contribution >= 4 is 34.2 Å². The number of anilines is 1. The van der Waals surface area contributed by atoms with E-state index >= 15 is 0 Å². The van der Waals surface area contributed by atoms with E-state index in [9.17, 15) is 26.7 Å². The molecule has 3 aromatic rings. The van der Waals surface area contributed by atoms with E-state index in [-0.39, 0.29) is 16.3 Å². The minimum absolute atomic E-state index is 0.0229. The quantitative estimate of drug-likeness (QED) is 0.246. The van der Waals surface area contributed by atoms with Gasteiger partial charge in [-0.25, -0.2) is 22.0 Å². The predicted molar refractivity (Wildman–Crippen MR) is 98.8 cm³/mol. The molecule has 0 radical (unpaired) electrons. The molecular weight excluding hydrogens is 391 g/mol. The van der Waals surface area contributed by atoms with Crippen LogP contribution in [0.4, 0.5) is 27.6 Å². The number of halogens is 5. The van der Waals surface area contributed by atoms with E-state index in [1.807, 2.05) is 30.3 Å². The van der Waals surface area contributed by atoms with Gasteiger partial charge in [0.1, 0.15) is 5.69 Å². The van der Waals surface area contributed by atoms with Crippen LogP contribution in [0.2, 0.25) is 0 Å². The van der Waals surface area contributed by atoms with Crippen LogP contribution in [0.3, 0.4) is 0 Å². The van der Waals surface area contributed by atoms with Crippen molar-refractivity contribution in [3.8, 4) is 0 Å². The van der Waals surface area contributed by atoms with E-state index in [1.54, 1.807) is 12.1 Å². The van der Waals surface area contributed by atoms with E-state index in [4.69, 9.17) is 0 Å². The minimum Gasteiger partial charge on any atom is -0.267 e. The predicted octanol–water partition coefficient (Wildman–Crippen LogP) is 5.34. The van der Waals surface area contributed by atoms with Gasteiger partial charge in [0.05, 0.1) is 11.3 Å². The Morgan fingerprint density at radius 2 is 1.41 bits per heavy atom. The van der Waals surface area contributed by atoms with Gasteiger partial charge in [-0.15, -0.1) is 0 Å². The smallest absolute Gasteiger partial charge is 0.267 e. The molecule has 8 heteroatoms. The largest absolute Gasteiger partial charge is 0.280 e. The van der Waals surface area contributed by atoms with Gasteiger partial charge in [-0.1, -0.05) is 42.5 Å². The number of nitrogens with zero attached hydrogens (tertiary/aromatic N) is 2. The lowest BCUT2D eigenvalue weighted by Gasteiger charge is -2.15. The van der Waals surface area contributed by atoms with Gasteiger partial charge in [-0.3, -0.25) is 4.79 Å². The van der Waals surface area contributed by atoms with Gasteiger partial charge >= 0.3 is 0 Å². The van der Waals surface area contributed by atoms with Gasteiger partial charge in [0.25, 0.3) is 5.91 Å². The molecule has 0 spiro atoms. The normalized spacial score (nSPS) is 15.5. The zero-order chi connectivity index (χ0) is 20.9. The number of benzene rings is 3. The Labute approximate surface area is 161 Å². The first kappa shape index (κ1) is 18.8. The summed E-state index contributed by atoms with van der Waals surface area (Å²) in [6, 6.07) is 12.7. The molecule has 4 rings (SSSR count). The zero-order valence-corrected chi connectivity index (χ0v) is 14.8. The molecule has 146 valence electrons. The Balaban J connectivity index is 1.84. The Hall–Kier alpha value is -3.55. The van der Waals surface area contributed by atoms with Crippen LogP contribution in [0.1, 0.15) is 12.5 Å². The number of hydrogen-bond acceptors (Lipinski definition) is 2. The number of hydrazone groups is 1. The molecule has 0 atom stereocenters. The second-order valence-corrected chi connectivity index (χ2v) is 6.35. The van der Waals surface area contributed by atoms with E-state index in [0.717, 1.165) is 10.8 Å². The van der Waals surface area contributed by atoms with Crippen LogP contribution in [-0.2, 0) is 4.79 Å². The van der Waals surface area contributed by atoms with Crippen LogP contribution in [-0.4, -0.2) is 11.6 Å². The highest BCUT2D eigenvalue weighted by Crippen LogP contribution is 2.34. The fraction of sp³-hybridized carbons (Fsp3) is 0.0476. The number of hydrogen-bond donors (Lipinski definition) is 0. The third kappa shape index (κ3) is 2.88. The number of fused-ring (bicyclic) bond motifs is 1. The summed E-state index contributed by atoms with van der Waals surface area (Å²) in [5.41, 5.74) is -0.718. The molecule has 3 aromatic carbocycles. The summed E-state index contributed by atoms with van der Waals surface area (Å²) in [4.78, 5) is 12.7. The van der Waals surface area contributed by atoms with E-state index in [0.29, 0.717) is 5.56 Å². The number of carbonyl (C=O) groups excluding carboxylic acids is 1. The maximum Gasteiger partial charge on any atom is 0.280 e. The molecule has 0 fully saturated rings. The summed E-state index contributed by atoms with van der Waals surface area (Å²) in [5, 5.41) is 5.64. The molecule has 0 saturated heterocycles. The first-order valence-electron chi connectivity index (χ1n) is 8.42. The first-order valence-corrected chi connectivity index (χ1v) is 8.42. The van der Waals surface area contributed by atoms with Crippen molar-refractivity contribution in [3.63, 3.8) is 0 Å². The minimum atomic E-state index is -2.30. The average Bonchev–Trinajstić information content (AvgIpc) is 2.99. The fourth-order valence-electron chi connectivity index (χ4n) is 3.15. The molecule has 0 N–H and O–H groups in total. The second-order valence-electron chi connectivity index (χ2n) is 6.35. The van der Waals surface area contributed by atoms with Crippen molar-refractivity contribution < 1.29 is 26.7 Å². The van der Waals surface area contributed by atoms with Crippen molar-refractivity contribution in [2.24, 2.45) is 5.10 Å². The Kier molecular flexibility index (Phi) is 4.41. The van der Waals surface area contributed by atoms with Gasteiger partial charge in [-0.05, 0) is 29.3 Å². The van der Waals surface area contributed by atoms with Crippen molar-refractivity contribution in [1.29, 1.82) is 0 Å². The maximum atomic E-state index is 14.1. The molecule has 1 amide bonds.